The average Bonchev–Trinajstić information content (AvgIpc) is 3.43. The summed E-state index contributed by atoms with van der Waals surface area (Å²) >= 11 is 12.0. The van der Waals surface area contributed by atoms with Crippen molar-refractivity contribution >= 4 is 40.5 Å². The average molecular weight is 653 g/mol. The molecule has 1 atom stereocenters. The van der Waals surface area contributed by atoms with Gasteiger partial charge in [-0.1, -0.05) is 67.9 Å². The van der Waals surface area contributed by atoms with Gasteiger partial charge in [-0.05, 0) is 59.6 Å². The zero-order valence-corrected chi connectivity index (χ0v) is 26.3. The molecule has 7 nitrogen and oxygen atoms in total. The Morgan fingerprint density at radius 3 is 2.44 bits per heavy atom. The molecular formula is C33H32ClF3N6OS. The lowest BCUT2D eigenvalue weighted by Gasteiger charge is -2.33. The Kier molecular flexibility index (Phi) is 11.2. The number of aromatic nitrogens is 2. The van der Waals surface area contributed by atoms with E-state index in [4.69, 9.17) is 29.1 Å². The Morgan fingerprint density at radius 1 is 1.09 bits per heavy atom. The molecule has 0 aliphatic rings. The number of anilines is 1. The van der Waals surface area contributed by atoms with Gasteiger partial charge in [-0.25, -0.2) is 4.98 Å². The summed E-state index contributed by atoms with van der Waals surface area (Å²) in [6.45, 7) is 4.30. The lowest BCUT2D eigenvalue weighted by atomic mass is 10.0. The zero-order chi connectivity index (χ0) is 32.6. The van der Waals surface area contributed by atoms with Gasteiger partial charge in [-0.15, -0.1) is 0 Å². The van der Waals surface area contributed by atoms with Crippen molar-refractivity contribution in [1.82, 2.24) is 19.8 Å². The van der Waals surface area contributed by atoms with Crippen LogP contribution in [0.5, 0.6) is 0 Å². The van der Waals surface area contributed by atoms with E-state index in [1.54, 1.807) is 59.9 Å². The number of benzene rings is 3. The molecular weight excluding hydrogens is 621 g/mol. The van der Waals surface area contributed by atoms with Gasteiger partial charge in [0.1, 0.15) is 0 Å². The molecule has 4 rings (SSSR count). The fraction of sp³-hybridized carbons (Fsp3) is 0.273. The van der Waals surface area contributed by atoms with E-state index in [0.717, 1.165) is 11.6 Å². The number of nitriles is 1. The van der Waals surface area contributed by atoms with Gasteiger partial charge in [-0.2, -0.15) is 18.4 Å². The molecule has 1 aromatic heterocycles. The van der Waals surface area contributed by atoms with E-state index >= 15 is 0 Å². The fourth-order valence-electron chi connectivity index (χ4n) is 4.72. The molecule has 1 amide bonds. The van der Waals surface area contributed by atoms with E-state index in [-0.39, 0.29) is 42.0 Å². The SMILES string of the molecule is CC(C)[C@@H](CN(Cc1ccccc1C(F)(F)F)C(=S)Nc1ccccc1Cl)NC(=O)Cc1cncn1Cc1ccc(C#N)cc1. The number of hydrogen-bond donors (Lipinski definition) is 2. The number of carbonyl (C=O) groups excluding carboxylic acids is 1. The van der Waals surface area contributed by atoms with Crippen molar-refractivity contribution in [3.8, 4) is 6.07 Å². The van der Waals surface area contributed by atoms with Gasteiger partial charge in [0.25, 0.3) is 0 Å². The van der Waals surface area contributed by atoms with Crippen molar-refractivity contribution in [1.29, 1.82) is 5.26 Å². The number of carbonyl (C=O) groups is 1. The van der Waals surface area contributed by atoms with E-state index in [2.05, 4.69) is 21.7 Å². The van der Waals surface area contributed by atoms with Gasteiger partial charge >= 0.3 is 6.18 Å². The highest BCUT2D eigenvalue weighted by atomic mass is 35.5. The maximum Gasteiger partial charge on any atom is 0.416 e. The summed E-state index contributed by atoms with van der Waals surface area (Å²) in [5.74, 6) is -0.350. The zero-order valence-electron chi connectivity index (χ0n) is 24.7. The van der Waals surface area contributed by atoms with Crippen molar-refractivity contribution < 1.29 is 18.0 Å². The van der Waals surface area contributed by atoms with Crippen molar-refractivity contribution in [2.75, 3.05) is 11.9 Å². The van der Waals surface area contributed by atoms with Crippen molar-refractivity contribution in [3.05, 3.63) is 118 Å². The van der Waals surface area contributed by atoms with Crippen LogP contribution >= 0.6 is 23.8 Å². The predicted octanol–water partition coefficient (Wildman–Crippen LogP) is 7.06. The van der Waals surface area contributed by atoms with Crippen molar-refractivity contribution in [3.63, 3.8) is 0 Å². The number of rotatable bonds is 11. The first-order chi connectivity index (χ1) is 21.4. The highest BCUT2D eigenvalue weighted by Crippen LogP contribution is 2.33. The largest absolute Gasteiger partial charge is 0.416 e. The van der Waals surface area contributed by atoms with Crippen LogP contribution in [0.1, 0.15) is 41.8 Å². The van der Waals surface area contributed by atoms with Crippen LogP contribution in [-0.4, -0.2) is 38.1 Å². The van der Waals surface area contributed by atoms with Gasteiger partial charge in [0.05, 0.1) is 40.7 Å². The van der Waals surface area contributed by atoms with Gasteiger partial charge in [-0.3, -0.25) is 4.79 Å². The monoisotopic (exact) mass is 652 g/mol. The van der Waals surface area contributed by atoms with Gasteiger partial charge in [0, 0.05) is 37.6 Å². The summed E-state index contributed by atoms with van der Waals surface area (Å²) in [5, 5.41) is 15.7. The second kappa shape index (κ2) is 15.1. The molecule has 4 aromatic rings. The Hall–Kier alpha value is -4.40. The smallest absolute Gasteiger partial charge is 0.351 e. The van der Waals surface area contributed by atoms with E-state index in [0.29, 0.717) is 28.5 Å². The molecule has 3 aromatic carbocycles. The molecule has 2 N–H and O–H groups in total. The molecule has 0 unspecified atom stereocenters. The van der Waals surface area contributed by atoms with E-state index < -0.39 is 17.8 Å². The normalized spacial score (nSPS) is 12.0. The number of thiocarbonyl (C=S) groups is 1. The number of hydrogen-bond acceptors (Lipinski definition) is 4. The topological polar surface area (TPSA) is 86.0 Å². The minimum absolute atomic E-state index is 0.0404. The molecule has 0 spiro atoms. The lowest BCUT2D eigenvalue weighted by Crippen LogP contribution is -2.49. The molecule has 45 heavy (non-hydrogen) atoms. The van der Waals surface area contributed by atoms with Crippen LogP contribution in [0.4, 0.5) is 18.9 Å². The predicted molar refractivity (Wildman–Crippen MR) is 172 cm³/mol. The highest BCUT2D eigenvalue weighted by Gasteiger charge is 2.34. The van der Waals surface area contributed by atoms with E-state index in [1.165, 1.54) is 12.1 Å². The highest BCUT2D eigenvalue weighted by molar-refractivity contribution is 7.80. The fourth-order valence-corrected chi connectivity index (χ4v) is 5.15. The number of para-hydroxylation sites is 1. The Bertz CT molecular complexity index is 1670. The van der Waals surface area contributed by atoms with Crippen LogP contribution in [0.3, 0.4) is 0 Å². The number of amides is 1. The quantitative estimate of drug-likeness (QED) is 0.169. The molecule has 234 valence electrons. The van der Waals surface area contributed by atoms with Crippen LogP contribution in [0, 0.1) is 17.2 Å². The second-order valence-corrected chi connectivity index (χ2v) is 11.7. The maximum absolute atomic E-state index is 13.9. The summed E-state index contributed by atoms with van der Waals surface area (Å²) in [5.41, 5.74) is 2.00. The first-order valence-corrected chi connectivity index (χ1v) is 15.0. The minimum Gasteiger partial charge on any atom is -0.351 e. The maximum atomic E-state index is 13.9. The molecule has 0 bridgehead atoms. The Labute approximate surface area is 270 Å². The molecule has 0 aliphatic carbocycles. The Balaban J connectivity index is 1.52. The molecule has 0 radical (unpaired) electrons. The van der Waals surface area contributed by atoms with Crippen LogP contribution in [0.15, 0.2) is 85.3 Å². The number of imidazole rings is 1. The van der Waals surface area contributed by atoms with Crippen LogP contribution in [0.25, 0.3) is 0 Å². The molecule has 0 saturated carbocycles. The molecule has 12 heteroatoms. The van der Waals surface area contributed by atoms with Crippen molar-refractivity contribution in [2.45, 2.75) is 45.6 Å². The molecule has 0 aliphatic heterocycles. The third kappa shape index (κ3) is 9.30. The van der Waals surface area contributed by atoms with E-state index in [1.807, 2.05) is 30.5 Å². The third-order valence-corrected chi connectivity index (χ3v) is 7.92. The minimum atomic E-state index is -4.55. The third-order valence-electron chi connectivity index (χ3n) is 7.23. The molecule has 1 heterocycles. The summed E-state index contributed by atoms with van der Waals surface area (Å²) in [4.78, 5) is 19.1. The number of halogens is 4. The van der Waals surface area contributed by atoms with Crippen LogP contribution in [-0.2, 0) is 30.5 Å². The number of nitrogens with zero attached hydrogens (tertiary/aromatic N) is 4. The summed E-state index contributed by atoms with van der Waals surface area (Å²) in [6, 6.07) is 21.1. The van der Waals surface area contributed by atoms with Gasteiger partial charge in [0.15, 0.2) is 5.11 Å². The number of alkyl halides is 3. The van der Waals surface area contributed by atoms with Gasteiger partial charge in [0.2, 0.25) is 5.91 Å². The standard InChI is InChI=1S/C33H32ClF3N6OS/c1-22(2)30(40-31(44)15-26-17-39-21-43(26)18-24-13-11-23(16-38)12-14-24)20-42(32(45)41-29-10-6-5-9-28(29)34)19-25-7-3-4-8-27(25)33(35,36)37/h3-14,17,21-22,30H,15,18-20H2,1-2H3,(H,40,44)(H,41,45)/t30-/m1/s1. The first-order valence-electron chi connectivity index (χ1n) is 14.2. The van der Waals surface area contributed by atoms with Crippen LogP contribution in [0.2, 0.25) is 5.02 Å². The first kappa shape index (κ1) is 33.5. The van der Waals surface area contributed by atoms with Crippen molar-refractivity contribution in [2.24, 2.45) is 5.92 Å². The van der Waals surface area contributed by atoms with Crippen LogP contribution < -0.4 is 10.6 Å². The molecule has 0 saturated heterocycles. The molecule has 0 fully saturated rings. The summed E-state index contributed by atoms with van der Waals surface area (Å²) < 4.78 is 43.5. The second-order valence-electron chi connectivity index (χ2n) is 10.9. The Morgan fingerprint density at radius 2 is 1.78 bits per heavy atom. The lowest BCUT2D eigenvalue weighted by molar-refractivity contribution is -0.138. The van der Waals surface area contributed by atoms with E-state index in [9.17, 15) is 18.0 Å². The summed E-state index contributed by atoms with van der Waals surface area (Å²) in [6.07, 6.45) is -1.25. The van der Waals surface area contributed by atoms with Gasteiger partial charge < -0.3 is 20.1 Å². The summed E-state index contributed by atoms with van der Waals surface area (Å²) in [7, 11) is 0. The number of nitrogens with one attached hydrogen (secondary N) is 2.